The van der Waals surface area contributed by atoms with Gasteiger partial charge in [-0.15, -0.1) is 0 Å². The van der Waals surface area contributed by atoms with Gasteiger partial charge in [0.15, 0.2) is 0 Å². The minimum Gasteiger partial charge on any atom is -0.484 e. The van der Waals surface area contributed by atoms with Gasteiger partial charge in [-0.25, -0.2) is 0 Å². The number of para-hydroxylation sites is 4. The maximum atomic E-state index is 6.67. The van der Waals surface area contributed by atoms with Crippen molar-refractivity contribution in [1.82, 2.24) is 4.57 Å². The molecule has 0 saturated heterocycles. The molecule has 0 saturated carbocycles. The van der Waals surface area contributed by atoms with Crippen LogP contribution in [0.1, 0.15) is 33.7 Å². The van der Waals surface area contributed by atoms with Crippen LogP contribution in [0.5, 0.6) is 5.75 Å². The topological polar surface area (TPSA) is 14.2 Å². The van der Waals surface area contributed by atoms with E-state index in [1.54, 1.807) is 0 Å². The number of aromatic nitrogens is 1. The number of benzene rings is 6. The average molecular weight is 606 g/mol. The Morgan fingerprint density at radius 2 is 1.37 bits per heavy atom. The molecule has 1 spiro atoms. The highest BCUT2D eigenvalue weighted by atomic mass is 32.2. The van der Waals surface area contributed by atoms with E-state index in [9.17, 15) is 0 Å². The lowest BCUT2D eigenvalue weighted by molar-refractivity contribution is 0.270. The highest BCUT2D eigenvalue weighted by molar-refractivity contribution is 7.99. The fraction of sp³-hybridized carbons (Fsp3) is 0.0698. The fourth-order valence-electron chi connectivity index (χ4n) is 8.78. The first-order valence-corrected chi connectivity index (χ1v) is 16.8. The SMILES string of the molecule is C1=CC2Oc3c(-c4ccc5c(c4)C4(c6ccccc6S5)c5ccccc5-n5c6ccccc6c6cccc4c65)cccc3C2C=C1. The molecule has 11 rings (SSSR count). The molecule has 3 aliphatic heterocycles. The molecule has 3 heteroatoms. The molecule has 3 atom stereocenters. The molecule has 0 radical (unpaired) electrons. The van der Waals surface area contributed by atoms with Crippen LogP contribution < -0.4 is 4.74 Å². The Bertz CT molecular complexity index is 2520. The van der Waals surface area contributed by atoms with Crippen molar-refractivity contribution in [2.24, 2.45) is 0 Å². The van der Waals surface area contributed by atoms with Crippen LogP contribution in [0.2, 0.25) is 0 Å². The zero-order valence-corrected chi connectivity index (χ0v) is 25.7. The molecule has 4 heterocycles. The van der Waals surface area contributed by atoms with Crippen molar-refractivity contribution in [2.75, 3.05) is 0 Å². The summed E-state index contributed by atoms with van der Waals surface area (Å²) in [4.78, 5) is 2.61. The zero-order valence-electron chi connectivity index (χ0n) is 24.9. The van der Waals surface area contributed by atoms with E-state index in [1.165, 1.54) is 70.7 Å². The third-order valence-electron chi connectivity index (χ3n) is 10.6. The lowest BCUT2D eigenvalue weighted by Crippen LogP contribution is -2.37. The molecule has 46 heavy (non-hydrogen) atoms. The van der Waals surface area contributed by atoms with Crippen molar-refractivity contribution in [2.45, 2.75) is 27.2 Å². The molecule has 216 valence electrons. The second kappa shape index (κ2) is 8.93. The summed E-state index contributed by atoms with van der Waals surface area (Å²) in [5.74, 6) is 1.27. The molecule has 6 aromatic carbocycles. The summed E-state index contributed by atoms with van der Waals surface area (Å²) in [5, 5.41) is 2.59. The van der Waals surface area contributed by atoms with Gasteiger partial charge in [0.25, 0.3) is 0 Å². The van der Waals surface area contributed by atoms with Crippen molar-refractivity contribution in [3.8, 4) is 22.6 Å². The van der Waals surface area contributed by atoms with Crippen LogP contribution in [0.4, 0.5) is 0 Å². The van der Waals surface area contributed by atoms with Crippen LogP contribution in [0, 0.1) is 0 Å². The molecule has 1 aliphatic carbocycles. The fourth-order valence-corrected chi connectivity index (χ4v) is 9.96. The largest absolute Gasteiger partial charge is 0.484 e. The van der Waals surface area contributed by atoms with E-state index in [0.29, 0.717) is 0 Å². The van der Waals surface area contributed by atoms with Gasteiger partial charge in [-0.3, -0.25) is 0 Å². The molecule has 0 amide bonds. The number of hydrogen-bond acceptors (Lipinski definition) is 2. The standard InChI is InChI=1S/C43H27NOS/c1-5-19-36-28(11-1)30-14-10-18-34-41(30)44(36)37-20-6-3-16-32(37)43(34)33-17-4-8-22-39(33)46-40-24-23-26(25-35(40)43)27-13-9-15-31-29-12-2-7-21-38(29)45-42(27)31/h1-25,29,38H. The van der Waals surface area contributed by atoms with Crippen molar-refractivity contribution in [3.05, 3.63) is 180 Å². The molecular weight excluding hydrogens is 579 g/mol. The van der Waals surface area contributed by atoms with Gasteiger partial charge in [-0.2, -0.15) is 0 Å². The van der Waals surface area contributed by atoms with Crippen LogP contribution in [0.15, 0.2) is 161 Å². The van der Waals surface area contributed by atoms with Crippen LogP contribution in [-0.2, 0) is 5.41 Å². The summed E-state index contributed by atoms with van der Waals surface area (Å²) < 4.78 is 9.18. The first-order valence-electron chi connectivity index (χ1n) is 16.0. The minimum atomic E-state index is -0.494. The number of rotatable bonds is 1. The van der Waals surface area contributed by atoms with E-state index >= 15 is 0 Å². The minimum absolute atomic E-state index is 0.0531. The van der Waals surface area contributed by atoms with Crippen molar-refractivity contribution < 1.29 is 4.74 Å². The Labute approximate surface area is 271 Å². The molecule has 4 aliphatic rings. The van der Waals surface area contributed by atoms with Gasteiger partial charge in [-0.05, 0) is 64.2 Å². The first-order chi connectivity index (χ1) is 22.8. The summed E-state index contributed by atoms with van der Waals surface area (Å²) >= 11 is 1.89. The van der Waals surface area contributed by atoms with Crippen LogP contribution in [0.3, 0.4) is 0 Å². The summed E-state index contributed by atoms with van der Waals surface area (Å²) in [7, 11) is 0. The van der Waals surface area contributed by atoms with Gasteiger partial charge in [0.05, 0.1) is 22.1 Å². The van der Waals surface area contributed by atoms with E-state index in [1.807, 2.05) is 11.8 Å². The van der Waals surface area contributed by atoms with Gasteiger partial charge in [-0.1, -0.05) is 127 Å². The molecule has 1 aromatic heterocycles. The van der Waals surface area contributed by atoms with Gasteiger partial charge < -0.3 is 9.30 Å². The Balaban J connectivity index is 1.26. The van der Waals surface area contributed by atoms with Crippen LogP contribution in [-0.4, -0.2) is 10.7 Å². The molecule has 0 bridgehead atoms. The van der Waals surface area contributed by atoms with Crippen LogP contribution >= 0.6 is 11.8 Å². The zero-order chi connectivity index (χ0) is 30.0. The average Bonchev–Trinajstić information content (AvgIpc) is 3.67. The predicted octanol–water partition coefficient (Wildman–Crippen LogP) is 10.6. The molecule has 7 aromatic rings. The second-order valence-electron chi connectivity index (χ2n) is 12.7. The number of allylic oxidation sites excluding steroid dienone is 2. The smallest absolute Gasteiger partial charge is 0.132 e. The normalized spacial score (nSPS) is 21.0. The third kappa shape index (κ3) is 3.00. The highest BCUT2D eigenvalue weighted by Crippen LogP contribution is 2.61. The van der Waals surface area contributed by atoms with Gasteiger partial charge in [0, 0.05) is 37.6 Å². The predicted molar refractivity (Wildman–Crippen MR) is 188 cm³/mol. The Kier molecular flexibility index (Phi) is 4.85. The van der Waals surface area contributed by atoms with Gasteiger partial charge in [0.1, 0.15) is 11.9 Å². The molecule has 2 nitrogen and oxygen atoms in total. The molecule has 0 fully saturated rings. The third-order valence-corrected chi connectivity index (χ3v) is 11.7. The molecular formula is C43H27NOS. The molecule has 3 unspecified atom stereocenters. The summed E-state index contributed by atoms with van der Waals surface area (Å²) in [6.45, 7) is 0. The van der Waals surface area contributed by atoms with Crippen molar-refractivity contribution in [3.63, 3.8) is 0 Å². The molecule has 0 N–H and O–H groups in total. The first kappa shape index (κ1) is 25.0. The highest BCUT2D eigenvalue weighted by Gasteiger charge is 2.49. The van der Waals surface area contributed by atoms with Gasteiger partial charge in [0.2, 0.25) is 0 Å². The van der Waals surface area contributed by atoms with Crippen molar-refractivity contribution >= 4 is 33.6 Å². The number of ether oxygens (including phenoxy) is 1. The Morgan fingerprint density at radius 3 is 2.35 bits per heavy atom. The maximum absolute atomic E-state index is 6.67. The number of hydrogen-bond donors (Lipinski definition) is 0. The lowest BCUT2D eigenvalue weighted by atomic mass is 9.62. The maximum Gasteiger partial charge on any atom is 0.132 e. The Hall–Kier alpha value is -5.25. The van der Waals surface area contributed by atoms with E-state index in [2.05, 4.69) is 156 Å². The van der Waals surface area contributed by atoms with Crippen LogP contribution in [0.25, 0.3) is 38.6 Å². The summed E-state index contributed by atoms with van der Waals surface area (Å²) in [6, 6.07) is 47.7. The Morgan fingerprint density at radius 1 is 0.609 bits per heavy atom. The summed E-state index contributed by atoms with van der Waals surface area (Å²) in [6.07, 6.45) is 8.75. The summed E-state index contributed by atoms with van der Waals surface area (Å²) in [5.41, 5.74) is 12.3. The number of nitrogens with zero attached hydrogens (tertiary/aromatic N) is 1. The second-order valence-corrected chi connectivity index (χ2v) is 13.8. The van der Waals surface area contributed by atoms with E-state index in [4.69, 9.17) is 4.74 Å². The number of fused-ring (bicyclic) bond motifs is 14. The lowest BCUT2D eigenvalue weighted by Gasteiger charge is -2.45. The quantitative estimate of drug-likeness (QED) is 0.185. The van der Waals surface area contributed by atoms with E-state index in [-0.39, 0.29) is 12.0 Å². The van der Waals surface area contributed by atoms with E-state index in [0.717, 1.165) is 11.3 Å². The van der Waals surface area contributed by atoms with Gasteiger partial charge >= 0.3 is 0 Å². The van der Waals surface area contributed by atoms with E-state index < -0.39 is 5.41 Å². The van der Waals surface area contributed by atoms with Crippen molar-refractivity contribution in [1.29, 1.82) is 0 Å². The monoisotopic (exact) mass is 605 g/mol.